The number of methoxy groups -OCH3 is 1. The second kappa shape index (κ2) is 4.88. The predicted molar refractivity (Wildman–Crippen MR) is 66.9 cm³/mol. The minimum atomic E-state index is -0.346. The molecule has 16 heavy (non-hydrogen) atoms. The Morgan fingerprint density at radius 2 is 1.62 bits per heavy atom. The van der Waals surface area contributed by atoms with Gasteiger partial charge < -0.3 is 9.84 Å². The number of ether oxygens (including phenoxy) is 1. The molecule has 2 heteroatoms. The van der Waals surface area contributed by atoms with Gasteiger partial charge in [-0.3, -0.25) is 0 Å². The van der Waals surface area contributed by atoms with Crippen molar-refractivity contribution in [3.8, 4) is 5.75 Å². The van der Waals surface area contributed by atoms with Crippen LogP contribution in [0.15, 0.2) is 24.3 Å². The summed E-state index contributed by atoms with van der Waals surface area (Å²) in [6, 6.07) is 7.89. The Morgan fingerprint density at radius 3 is 2.00 bits per heavy atom. The Labute approximate surface area is 98.3 Å². The number of rotatable bonds is 3. The molecule has 2 nitrogen and oxygen atoms in total. The molecule has 0 aliphatic rings. The number of aliphatic hydroxyl groups excluding tert-OH is 1. The summed E-state index contributed by atoms with van der Waals surface area (Å²) in [7, 11) is 1.66. The van der Waals surface area contributed by atoms with Crippen LogP contribution in [0, 0.1) is 5.41 Å². The zero-order valence-electron chi connectivity index (χ0n) is 10.8. The highest BCUT2D eigenvalue weighted by Gasteiger charge is 2.28. The highest BCUT2D eigenvalue weighted by atomic mass is 16.5. The number of hydrogen-bond donors (Lipinski definition) is 1. The van der Waals surface area contributed by atoms with Crippen LogP contribution < -0.4 is 4.74 Å². The van der Waals surface area contributed by atoms with E-state index in [1.54, 1.807) is 7.11 Å². The van der Waals surface area contributed by atoms with Crippen molar-refractivity contribution in [2.45, 2.75) is 39.7 Å². The molecule has 0 spiro atoms. The predicted octanol–water partition coefficient (Wildman–Crippen LogP) is 3.21. The molecule has 2 unspecified atom stereocenters. The van der Waals surface area contributed by atoms with Crippen LogP contribution in [0.2, 0.25) is 0 Å². The van der Waals surface area contributed by atoms with E-state index in [0.717, 1.165) is 11.3 Å². The zero-order valence-corrected chi connectivity index (χ0v) is 10.8. The largest absolute Gasteiger partial charge is 0.497 e. The third kappa shape index (κ3) is 2.99. The Balaban J connectivity index is 2.84. The summed E-state index contributed by atoms with van der Waals surface area (Å²) in [5.74, 6) is 0.979. The van der Waals surface area contributed by atoms with Gasteiger partial charge in [-0.1, -0.05) is 39.8 Å². The Bertz CT molecular complexity index is 322. The first-order chi connectivity index (χ1) is 7.36. The van der Waals surface area contributed by atoms with Crippen LogP contribution >= 0.6 is 0 Å². The van der Waals surface area contributed by atoms with Crippen molar-refractivity contribution in [2.75, 3.05) is 7.11 Å². The van der Waals surface area contributed by atoms with E-state index in [1.165, 1.54) is 0 Å². The molecule has 1 N–H and O–H groups in total. The number of benzene rings is 1. The molecule has 0 aliphatic carbocycles. The molecule has 1 rings (SSSR count). The molecule has 0 amide bonds. The van der Waals surface area contributed by atoms with Gasteiger partial charge in [0, 0.05) is 5.92 Å². The van der Waals surface area contributed by atoms with Gasteiger partial charge in [-0.25, -0.2) is 0 Å². The van der Waals surface area contributed by atoms with Gasteiger partial charge in [0.05, 0.1) is 13.2 Å². The fourth-order valence-electron chi connectivity index (χ4n) is 1.84. The van der Waals surface area contributed by atoms with Gasteiger partial charge in [0.2, 0.25) is 0 Å². The molecular formula is C14H22O2. The molecule has 0 bridgehead atoms. The van der Waals surface area contributed by atoms with E-state index in [4.69, 9.17) is 4.74 Å². The standard InChI is InChI=1S/C14H22O2/c1-10(13(15)14(2,3)4)11-6-8-12(16-5)9-7-11/h6-10,13,15H,1-5H3. The fraction of sp³-hybridized carbons (Fsp3) is 0.571. The number of hydrogen-bond acceptors (Lipinski definition) is 2. The summed E-state index contributed by atoms with van der Waals surface area (Å²) in [5, 5.41) is 10.2. The van der Waals surface area contributed by atoms with Crippen molar-refractivity contribution in [2.24, 2.45) is 5.41 Å². The van der Waals surface area contributed by atoms with Gasteiger partial charge in [0.1, 0.15) is 5.75 Å². The third-order valence-corrected chi connectivity index (χ3v) is 3.00. The lowest BCUT2D eigenvalue weighted by molar-refractivity contribution is 0.0434. The van der Waals surface area contributed by atoms with Crippen LogP contribution in [-0.4, -0.2) is 18.3 Å². The van der Waals surface area contributed by atoms with Crippen LogP contribution in [0.25, 0.3) is 0 Å². The topological polar surface area (TPSA) is 29.5 Å². The van der Waals surface area contributed by atoms with E-state index in [1.807, 2.05) is 24.3 Å². The quantitative estimate of drug-likeness (QED) is 0.851. The lowest BCUT2D eigenvalue weighted by atomic mass is 9.79. The molecule has 2 atom stereocenters. The highest BCUT2D eigenvalue weighted by Crippen LogP contribution is 2.31. The first-order valence-electron chi connectivity index (χ1n) is 5.68. The summed E-state index contributed by atoms with van der Waals surface area (Å²) >= 11 is 0. The fourth-order valence-corrected chi connectivity index (χ4v) is 1.84. The van der Waals surface area contributed by atoms with Crippen LogP contribution in [0.1, 0.15) is 39.2 Å². The van der Waals surface area contributed by atoms with Crippen LogP contribution in [-0.2, 0) is 0 Å². The van der Waals surface area contributed by atoms with Crippen LogP contribution in [0.3, 0.4) is 0 Å². The molecule has 0 saturated heterocycles. The average Bonchev–Trinajstić information content (AvgIpc) is 2.26. The van der Waals surface area contributed by atoms with E-state index in [-0.39, 0.29) is 17.4 Å². The van der Waals surface area contributed by atoms with Gasteiger partial charge >= 0.3 is 0 Å². The van der Waals surface area contributed by atoms with Crippen molar-refractivity contribution in [1.29, 1.82) is 0 Å². The molecule has 0 aromatic heterocycles. The molecule has 0 saturated carbocycles. The maximum absolute atomic E-state index is 10.2. The second-order valence-corrected chi connectivity index (χ2v) is 5.37. The van der Waals surface area contributed by atoms with Gasteiger partial charge in [0.15, 0.2) is 0 Å². The molecule has 90 valence electrons. The van der Waals surface area contributed by atoms with Crippen molar-refractivity contribution in [3.05, 3.63) is 29.8 Å². The van der Waals surface area contributed by atoms with Crippen molar-refractivity contribution < 1.29 is 9.84 Å². The SMILES string of the molecule is COc1ccc(C(C)C(O)C(C)(C)C)cc1. The maximum atomic E-state index is 10.2. The average molecular weight is 222 g/mol. The van der Waals surface area contributed by atoms with E-state index in [9.17, 15) is 5.11 Å². The van der Waals surface area contributed by atoms with Crippen LogP contribution in [0.5, 0.6) is 5.75 Å². The van der Waals surface area contributed by atoms with Crippen molar-refractivity contribution in [1.82, 2.24) is 0 Å². The van der Waals surface area contributed by atoms with Crippen molar-refractivity contribution in [3.63, 3.8) is 0 Å². The number of aliphatic hydroxyl groups is 1. The van der Waals surface area contributed by atoms with Crippen LogP contribution in [0.4, 0.5) is 0 Å². The first kappa shape index (κ1) is 13.0. The summed E-state index contributed by atoms with van der Waals surface area (Å²) < 4.78 is 5.11. The lowest BCUT2D eigenvalue weighted by Crippen LogP contribution is -2.31. The summed E-state index contributed by atoms with van der Waals surface area (Å²) in [5.41, 5.74) is 1.04. The smallest absolute Gasteiger partial charge is 0.118 e. The van der Waals surface area contributed by atoms with E-state index in [0.29, 0.717) is 0 Å². The Kier molecular flexibility index (Phi) is 3.98. The minimum absolute atomic E-state index is 0.0979. The van der Waals surface area contributed by atoms with Crippen molar-refractivity contribution >= 4 is 0 Å². The summed E-state index contributed by atoms with van der Waals surface area (Å²) in [4.78, 5) is 0. The molecule has 0 fully saturated rings. The first-order valence-corrected chi connectivity index (χ1v) is 5.68. The van der Waals surface area contributed by atoms with E-state index in [2.05, 4.69) is 27.7 Å². The molecular weight excluding hydrogens is 200 g/mol. The summed E-state index contributed by atoms with van der Waals surface area (Å²) in [6.45, 7) is 8.21. The van der Waals surface area contributed by atoms with E-state index < -0.39 is 0 Å². The summed E-state index contributed by atoms with van der Waals surface area (Å²) in [6.07, 6.45) is -0.346. The third-order valence-electron chi connectivity index (χ3n) is 3.00. The van der Waals surface area contributed by atoms with E-state index >= 15 is 0 Å². The molecule has 1 aromatic carbocycles. The zero-order chi connectivity index (χ0) is 12.3. The lowest BCUT2D eigenvalue weighted by Gasteiger charge is -2.31. The Morgan fingerprint density at radius 1 is 1.12 bits per heavy atom. The monoisotopic (exact) mass is 222 g/mol. The molecule has 0 radical (unpaired) electrons. The molecule has 1 aromatic rings. The Hall–Kier alpha value is -1.02. The van der Waals surface area contributed by atoms with Gasteiger partial charge in [0.25, 0.3) is 0 Å². The highest BCUT2D eigenvalue weighted by molar-refractivity contribution is 5.29. The van der Waals surface area contributed by atoms with Gasteiger partial charge in [-0.05, 0) is 23.1 Å². The molecule has 0 heterocycles. The second-order valence-electron chi connectivity index (χ2n) is 5.37. The minimum Gasteiger partial charge on any atom is -0.497 e. The normalized spacial score (nSPS) is 15.6. The van der Waals surface area contributed by atoms with Gasteiger partial charge in [-0.2, -0.15) is 0 Å². The maximum Gasteiger partial charge on any atom is 0.118 e. The molecule has 0 aliphatic heterocycles. The van der Waals surface area contributed by atoms with Gasteiger partial charge in [-0.15, -0.1) is 0 Å².